The summed E-state index contributed by atoms with van der Waals surface area (Å²) in [7, 11) is -3.15. The molecule has 8 heteroatoms. The lowest BCUT2D eigenvalue weighted by Crippen LogP contribution is -2.50. The highest BCUT2D eigenvalue weighted by Crippen LogP contribution is 2.17. The van der Waals surface area contributed by atoms with E-state index >= 15 is 0 Å². The van der Waals surface area contributed by atoms with Gasteiger partial charge in [0.25, 0.3) is 5.91 Å². The Bertz CT molecular complexity index is 559. The van der Waals surface area contributed by atoms with Crippen LogP contribution in [0.4, 0.5) is 0 Å². The Balaban J connectivity index is 1.99. The van der Waals surface area contributed by atoms with Gasteiger partial charge in [-0.15, -0.1) is 11.3 Å². The maximum absolute atomic E-state index is 12.2. The molecule has 1 fully saturated rings. The van der Waals surface area contributed by atoms with Crippen molar-refractivity contribution >= 4 is 27.3 Å². The molecule has 6 nitrogen and oxygen atoms in total. The highest BCUT2D eigenvalue weighted by atomic mass is 32.2. The summed E-state index contributed by atoms with van der Waals surface area (Å²) in [6.45, 7) is 3.60. The number of amides is 1. The van der Waals surface area contributed by atoms with Gasteiger partial charge in [-0.25, -0.2) is 13.4 Å². The molecule has 0 radical (unpaired) electrons. The zero-order valence-corrected chi connectivity index (χ0v) is 12.6. The third-order valence-corrected chi connectivity index (χ3v) is 5.49. The Labute approximate surface area is 117 Å². The lowest BCUT2D eigenvalue weighted by atomic mass is 10.3. The quantitative estimate of drug-likeness (QED) is 0.811. The van der Waals surface area contributed by atoms with Crippen LogP contribution in [-0.4, -0.2) is 60.9 Å². The molecule has 0 atom stereocenters. The van der Waals surface area contributed by atoms with E-state index in [1.807, 2.05) is 6.92 Å². The Hall–Kier alpha value is -0.990. The van der Waals surface area contributed by atoms with Crippen LogP contribution in [0, 0.1) is 0 Å². The van der Waals surface area contributed by atoms with Gasteiger partial charge in [0.15, 0.2) is 0 Å². The van der Waals surface area contributed by atoms with E-state index < -0.39 is 10.0 Å². The van der Waals surface area contributed by atoms with Gasteiger partial charge >= 0.3 is 0 Å². The molecule has 0 spiro atoms. The molecule has 0 bridgehead atoms. The lowest BCUT2D eigenvalue weighted by molar-refractivity contribution is 0.0703. The van der Waals surface area contributed by atoms with Crippen molar-refractivity contribution < 1.29 is 13.2 Å². The van der Waals surface area contributed by atoms with Crippen molar-refractivity contribution in [2.24, 2.45) is 0 Å². The van der Waals surface area contributed by atoms with Crippen molar-refractivity contribution in [3.63, 3.8) is 0 Å². The average molecular weight is 303 g/mol. The van der Waals surface area contributed by atoms with Gasteiger partial charge in [0.2, 0.25) is 10.0 Å². The van der Waals surface area contributed by atoms with E-state index in [2.05, 4.69) is 4.98 Å². The molecule has 0 unspecified atom stereocenters. The molecule has 1 aromatic heterocycles. The van der Waals surface area contributed by atoms with Gasteiger partial charge in [-0.3, -0.25) is 4.79 Å². The first-order chi connectivity index (χ1) is 8.91. The standard InChI is InChI=1S/C11H17N3O3S2/c1-3-10-12-8-9(18-10)11(15)13-4-6-14(7-5-13)19(2,16)17/h8H,3-7H2,1-2H3. The summed E-state index contributed by atoms with van der Waals surface area (Å²) in [5.41, 5.74) is 0. The Morgan fingerprint density at radius 2 is 2.00 bits per heavy atom. The first kappa shape index (κ1) is 14.4. The van der Waals surface area contributed by atoms with Gasteiger partial charge in [-0.2, -0.15) is 4.31 Å². The van der Waals surface area contributed by atoms with E-state index in [1.165, 1.54) is 21.9 Å². The van der Waals surface area contributed by atoms with E-state index in [4.69, 9.17) is 0 Å². The second-order valence-electron chi connectivity index (χ2n) is 4.43. The summed E-state index contributed by atoms with van der Waals surface area (Å²) in [5.74, 6) is -0.0506. The van der Waals surface area contributed by atoms with Gasteiger partial charge in [-0.1, -0.05) is 6.92 Å². The van der Waals surface area contributed by atoms with Gasteiger partial charge < -0.3 is 4.90 Å². The fourth-order valence-corrected chi connectivity index (χ4v) is 3.60. The predicted molar refractivity (Wildman–Crippen MR) is 73.8 cm³/mol. The van der Waals surface area contributed by atoms with Gasteiger partial charge in [0.1, 0.15) is 4.88 Å². The normalized spacial score (nSPS) is 17.7. The number of rotatable bonds is 3. The predicted octanol–water partition coefficient (Wildman–Crippen LogP) is 0.423. The van der Waals surface area contributed by atoms with Crippen LogP contribution in [0.2, 0.25) is 0 Å². The topological polar surface area (TPSA) is 70.6 Å². The minimum absolute atomic E-state index is 0.0506. The van der Waals surface area contributed by atoms with Crippen molar-refractivity contribution in [3.05, 3.63) is 16.1 Å². The molecule has 1 aliphatic rings. The number of hydrogen-bond acceptors (Lipinski definition) is 5. The molecule has 1 aliphatic heterocycles. The number of carbonyl (C=O) groups is 1. The molecule has 0 aromatic carbocycles. The maximum atomic E-state index is 12.2. The van der Waals surface area contributed by atoms with Gasteiger partial charge in [0.05, 0.1) is 17.5 Å². The first-order valence-corrected chi connectivity index (χ1v) is 8.77. The third kappa shape index (κ3) is 3.31. The maximum Gasteiger partial charge on any atom is 0.265 e. The monoisotopic (exact) mass is 303 g/mol. The minimum Gasteiger partial charge on any atom is -0.335 e. The van der Waals surface area contributed by atoms with Crippen molar-refractivity contribution in [3.8, 4) is 0 Å². The van der Waals surface area contributed by atoms with E-state index in [0.29, 0.717) is 31.1 Å². The van der Waals surface area contributed by atoms with E-state index in [-0.39, 0.29) is 5.91 Å². The van der Waals surface area contributed by atoms with Crippen molar-refractivity contribution in [2.45, 2.75) is 13.3 Å². The Kier molecular flexibility index (Phi) is 4.22. The van der Waals surface area contributed by atoms with E-state index in [0.717, 1.165) is 11.4 Å². The fraction of sp³-hybridized carbons (Fsp3) is 0.636. The fourth-order valence-electron chi connectivity index (χ4n) is 1.95. The average Bonchev–Trinajstić information content (AvgIpc) is 2.86. The highest BCUT2D eigenvalue weighted by Gasteiger charge is 2.27. The molecular formula is C11H17N3O3S2. The molecule has 19 heavy (non-hydrogen) atoms. The second-order valence-corrected chi connectivity index (χ2v) is 7.52. The minimum atomic E-state index is -3.15. The number of sulfonamides is 1. The van der Waals surface area contributed by atoms with Crippen molar-refractivity contribution in [1.82, 2.24) is 14.2 Å². The molecule has 1 amide bonds. The molecule has 1 saturated heterocycles. The number of carbonyl (C=O) groups excluding carboxylic acids is 1. The second kappa shape index (κ2) is 5.56. The summed E-state index contributed by atoms with van der Waals surface area (Å²) in [4.78, 5) is 18.7. The number of aromatic nitrogens is 1. The summed E-state index contributed by atoms with van der Waals surface area (Å²) in [6.07, 6.45) is 3.62. The third-order valence-electron chi connectivity index (χ3n) is 3.06. The number of hydrogen-bond donors (Lipinski definition) is 0. The van der Waals surface area contributed by atoms with Crippen LogP contribution in [0.1, 0.15) is 21.6 Å². The van der Waals surface area contributed by atoms with Crippen LogP contribution < -0.4 is 0 Å². The van der Waals surface area contributed by atoms with Crippen LogP contribution in [0.5, 0.6) is 0 Å². The Morgan fingerprint density at radius 1 is 1.37 bits per heavy atom. The summed E-state index contributed by atoms with van der Waals surface area (Å²) < 4.78 is 24.2. The molecular weight excluding hydrogens is 286 g/mol. The van der Waals surface area contributed by atoms with Gasteiger partial charge in [-0.05, 0) is 6.42 Å². The lowest BCUT2D eigenvalue weighted by Gasteiger charge is -2.32. The molecule has 2 rings (SSSR count). The SMILES string of the molecule is CCc1ncc(C(=O)N2CCN(S(C)(=O)=O)CC2)s1. The van der Waals surface area contributed by atoms with Crippen LogP contribution >= 0.6 is 11.3 Å². The molecule has 1 aromatic rings. The zero-order valence-electron chi connectivity index (χ0n) is 11.0. The number of aryl methyl sites for hydroxylation is 1. The zero-order chi connectivity index (χ0) is 14.0. The van der Waals surface area contributed by atoms with Gasteiger partial charge in [0, 0.05) is 26.2 Å². The largest absolute Gasteiger partial charge is 0.335 e. The summed E-state index contributed by atoms with van der Waals surface area (Å²) >= 11 is 1.41. The smallest absolute Gasteiger partial charge is 0.265 e. The molecule has 0 aliphatic carbocycles. The number of piperazine rings is 1. The summed E-state index contributed by atoms with van der Waals surface area (Å²) in [5, 5.41) is 0.943. The van der Waals surface area contributed by atoms with Crippen LogP contribution in [0.25, 0.3) is 0 Å². The van der Waals surface area contributed by atoms with Crippen molar-refractivity contribution in [1.29, 1.82) is 0 Å². The van der Waals surface area contributed by atoms with Crippen LogP contribution in [0.3, 0.4) is 0 Å². The van der Waals surface area contributed by atoms with E-state index in [1.54, 1.807) is 11.1 Å². The molecule has 0 saturated carbocycles. The van der Waals surface area contributed by atoms with Crippen LogP contribution in [0.15, 0.2) is 6.20 Å². The Morgan fingerprint density at radius 3 is 2.47 bits per heavy atom. The highest BCUT2D eigenvalue weighted by molar-refractivity contribution is 7.88. The number of nitrogens with zero attached hydrogens (tertiary/aromatic N) is 3. The molecule has 0 N–H and O–H groups in total. The van der Waals surface area contributed by atoms with Crippen molar-refractivity contribution in [2.75, 3.05) is 32.4 Å². The van der Waals surface area contributed by atoms with E-state index in [9.17, 15) is 13.2 Å². The summed E-state index contributed by atoms with van der Waals surface area (Å²) in [6, 6.07) is 0. The molecule has 2 heterocycles. The molecule has 106 valence electrons. The first-order valence-electron chi connectivity index (χ1n) is 6.11. The number of thiazole rings is 1. The van der Waals surface area contributed by atoms with Crippen LogP contribution in [-0.2, 0) is 16.4 Å².